The number of amides is 2. The summed E-state index contributed by atoms with van der Waals surface area (Å²) in [7, 11) is 3.14. The summed E-state index contributed by atoms with van der Waals surface area (Å²) in [4.78, 5) is 59.6. The van der Waals surface area contributed by atoms with Crippen LogP contribution in [0.4, 0.5) is 5.69 Å². The van der Waals surface area contributed by atoms with E-state index in [0.29, 0.717) is 44.9 Å². The van der Waals surface area contributed by atoms with Crippen LogP contribution in [-0.2, 0) is 25.2 Å². The van der Waals surface area contributed by atoms with E-state index in [1.807, 2.05) is 109 Å². The van der Waals surface area contributed by atoms with E-state index in [2.05, 4.69) is 0 Å². The van der Waals surface area contributed by atoms with Crippen LogP contribution in [0.25, 0.3) is 11.1 Å². The molecule has 1 saturated heterocycles. The summed E-state index contributed by atoms with van der Waals surface area (Å²) in [5.74, 6) is -3.91. The van der Waals surface area contributed by atoms with Crippen LogP contribution in [-0.4, -0.2) is 42.9 Å². The van der Waals surface area contributed by atoms with Crippen LogP contribution in [0.15, 0.2) is 127 Å². The standard InChI is InChI=1S/C42H30ClNO7/c1-50-29-18-13-24(14-19-29)33-34(25-15-20-30(51-2)21-16-25)42(27-11-7-4-8-12-27)36-35(41(33,40(42)49)26-9-5-3-6-10-26)37(45)44(38(36)46)28-17-22-32(43)31(23-28)39(47)48/h3-23,35-36H,1-2H3,(H,47,48)/t35-,36-,41-,42+/m1/s1. The van der Waals surface area contributed by atoms with Crippen molar-refractivity contribution in [1.82, 2.24) is 0 Å². The Morgan fingerprint density at radius 1 is 0.647 bits per heavy atom. The van der Waals surface area contributed by atoms with Crippen molar-refractivity contribution in [1.29, 1.82) is 0 Å². The number of ketones is 1. The maximum absolute atomic E-state index is 16.1. The Hall–Kier alpha value is -5.99. The van der Waals surface area contributed by atoms with Crippen LogP contribution >= 0.6 is 11.6 Å². The first kappa shape index (κ1) is 32.2. The van der Waals surface area contributed by atoms with Crippen molar-refractivity contribution in [2.45, 2.75) is 10.8 Å². The lowest BCUT2D eigenvalue weighted by atomic mass is 9.59. The first-order valence-corrected chi connectivity index (χ1v) is 16.7. The number of ether oxygens (including phenoxy) is 2. The van der Waals surface area contributed by atoms with Gasteiger partial charge in [0.15, 0.2) is 5.78 Å². The molecule has 51 heavy (non-hydrogen) atoms. The highest BCUT2D eigenvalue weighted by molar-refractivity contribution is 6.39. The maximum atomic E-state index is 16.1. The van der Waals surface area contributed by atoms with Gasteiger partial charge in [0.05, 0.1) is 53.2 Å². The zero-order valence-corrected chi connectivity index (χ0v) is 28.3. The van der Waals surface area contributed by atoms with E-state index in [4.69, 9.17) is 21.1 Å². The first-order chi connectivity index (χ1) is 24.7. The fraction of sp³-hybridized carbons (Fsp3) is 0.143. The average Bonchev–Trinajstić information content (AvgIpc) is 3.68. The third-order valence-electron chi connectivity index (χ3n) is 10.6. The minimum Gasteiger partial charge on any atom is -0.497 e. The number of hydrogen-bond acceptors (Lipinski definition) is 6. The molecule has 5 aromatic carbocycles. The van der Waals surface area contributed by atoms with Crippen molar-refractivity contribution in [2.75, 3.05) is 19.1 Å². The number of hydrogen-bond donors (Lipinski definition) is 1. The first-order valence-electron chi connectivity index (χ1n) is 16.3. The normalized spacial score (nSPS) is 23.5. The second kappa shape index (κ2) is 11.8. The van der Waals surface area contributed by atoms with Crippen molar-refractivity contribution in [3.05, 3.63) is 160 Å². The van der Waals surface area contributed by atoms with Gasteiger partial charge < -0.3 is 14.6 Å². The Balaban J connectivity index is 1.52. The SMILES string of the molecule is COc1ccc(C2=C(c3ccc(OC)cc3)[C@@]3(c4ccccc4)C(=O)[C@]2(c2ccccc2)[C@H]2C(=O)N(c4ccc(Cl)c(C(=O)O)c4)C(=O)[C@@H]23)cc1. The van der Waals surface area contributed by atoms with Gasteiger partial charge in [-0.3, -0.25) is 14.4 Å². The number of nitrogens with zero attached hydrogens (tertiary/aromatic N) is 1. The number of fused-ring (bicyclic) bond motifs is 5. The number of halogens is 1. The maximum Gasteiger partial charge on any atom is 0.337 e. The minimum absolute atomic E-state index is 0.0347. The number of aromatic carboxylic acids is 1. The van der Waals surface area contributed by atoms with Crippen LogP contribution in [0.3, 0.4) is 0 Å². The third-order valence-corrected chi connectivity index (χ3v) is 11.0. The molecular weight excluding hydrogens is 666 g/mol. The Bertz CT molecular complexity index is 2160. The number of anilines is 1. The number of carboxylic acid groups (broad SMARTS) is 1. The van der Waals surface area contributed by atoms with Crippen LogP contribution in [0.1, 0.15) is 32.6 Å². The van der Waals surface area contributed by atoms with Crippen molar-refractivity contribution in [2.24, 2.45) is 11.8 Å². The minimum atomic E-state index is -1.63. The molecule has 8 rings (SSSR count). The molecule has 1 heterocycles. The lowest BCUT2D eigenvalue weighted by Crippen LogP contribution is -2.45. The Labute approximate surface area is 298 Å². The van der Waals surface area contributed by atoms with Gasteiger partial charge in [-0.15, -0.1) is 0 Å². The largest absolute Gasteiger partial charge is 0.497 e. The van der Waals surface area contributed by atoms with E-state index in [-0.39, 0.29) is 22.1 Å². The number of benzene rings is 5. The molecule has 8 nitrogen and oxygen atoms in total. The second-order valence-corrected chi connectivity index (χ2v) is 13.2. The van der Waals surface area contributed by atoms with Gasteiger partial charge in [-0.2, -0.15) is 0 Å². The summed E-state index contributed by atoms with van der Waals surface area (Å²) in [6.45, 7) is 0. The van der Waals surface area contributed by atoms with Crippen molar-refractivity contribution >= 4 is 52.0 Å². The van der Waals surface area contributed by atoms with E-state index in [1.54, 1.807) is 14.2 Å². The summed E-state index contributed by atoms with van der Waals surface area (Å²) >= 11 is 6.22. The zero-order valence-electron chi connectivity index (χ0n) is 27.5. The average molecular weight is 696 g/mol. The number of carboxylic acids is 1. The highest BCUT2D eigenvalue weighted by atomic mass is 35.5. The van der Waals surface area contributed by atoms with E-state index < -0.39 is 40.4 Å². The van der Waals surface area contributed by atoms with E-state index in [0.717, 1.165) is 4.90 Å². The number of methoxy groups -OCH3 is 2. The molecule has 3 aliphatic rings. The topological polar surface area (TPSA) is 110 Å². The van der Waals surface area contributed by atoms with Gasteiger partial charge in [-0.1, -0.05) is 96.5 Å². The Morgan fingerprint density at radius 2 is 1.08 bits per heavy atom. The van der Waals surface area contributed by atoms with Gasteiger partial charge in [0, 0.05) is 0 Å². The molecule has 252 valence electrons. The number of allylic oxidation sites excluding steroid dienone is 2. The molecule has 0 aromatic heterocycles. The predicted octanol–water partition coefficient (Wildman–Crippen LogP) is 7.24. The fourth-order valence-electron chi connectivity index (χ4n) is 8.71. The van der Waals surface area contributed by atoms with Gasteiger partial charge in [0.25, 0.3) is 0 Å². The lowest BCUT2D eigenvalue weighted by Gasteiger charge is -2.39. The predicted molar refractivity (Wildman–Crippen MR) is 192 cm³/mol. The molecule has 2 fully saturated rings. The van der Waals surface area contributed by atoms with Crippen LogP contribution < -0.4 is 14.4 Å². The highest BCUT2D eigenvalue weighted by Gasteiger charge is 2.82. The number of Topliss-reactive ketones (excluding diaryl/α,β-unsaturated/α-hetero) is 1. The molecule has 1 N–H and O–H groups in total. The fourth-order valence-corrected chi connectivity index (χ4v) is 8.91. The molecule has 2 bridgehead atoms. The van der Waals surface area contributed by atoms with Gasteiger partial charge >= 0.3 is 5.97 Å². The molecule has 0 unspecified atom stereocenters. The number of carbonyl (C=O) groups excluding carboxylic acids is 3. The molecule has 1 aliphatic heterocycles. The molecule has 4 atom stereocenters. The zero-order chi connectivity index (χ0) is 35.7. The summed E-state index contributed by atoms with van der Waals surface area (Å²) in [5, 5.41) is 9.85. The van der Waals surface area contributed by atoms with E-state index >= 15 is 14.4 Å². The summed E-state index contributed by atoms with van der Waals surface area (Å²) in [6.07, 6.45) is 0. The molecule has 1 saturated carbocycles. The third kappa shape index (κ3) is 4.26. The van der Waals surface area contributed by atoms with Crippen LogP contribution in [0, 0.1) is 11.8 Å². The quantitative estimate of drug-likeness (QED) is 0.170. The van der Waals surface area contributed by atoms with Crippen LogP contribution in [0.2, 0.25) is 5.02 Å². The van der Waals surface area contributed by atoms with Gasteiger partial charge in [-0.25, -0.2) is 9.69 Å². The van der Waals surface area contributed by atoms with Gasteiger partial charge in [-0.05, 0) is 75.9 Å². The summed E-state index contributed by atoms with van der Waals surface area (Å²) < 4.78 is 11.0. The van der Waals surface area contributed by atoms with Crippen molar-refractivity contribution < 1.29 is 33.8 Å². The molecule has 0 radical (unpaired) electrons. The molecule has 9 heteroatoms. The molecule has 0 spiro atoms. The van der Waals surface area contributed by atoms with Gasteiger partial charge in [0.2, 0.25) is 11.8 Å². The van der Waals surface area contributed by atoms with E-state index in [9.17, 15) is 9.90 Å². The van der Waals surface area contributed by atoms with Crippen molar-refractivity contribution in [3.63, 3.8) is 0 Å². The molecule has 2 amide bonds. The smallest absolute Gasteiger partial charge is 0.337 e. The molecular formula is C42H30ClNO7. The van der Waals surface area contributed by atoms with Crippen molar-refractivity contribution in [3.8, 4) is 11.5 Å². The van der Waals surface area contributed by atoms with E-state index in [1.165, 1.54) is 18.2 Å². The lowest BCUT2D eigenvalue weighted by molar-refractivity contribution is -0.130. The van der Waals surface area contributed by atoms with Gasteiger partial charge in [0.1, 0.15) is 11.5 Å². The Morgan fingerprint density at radius 3 is 1.47 bits per heavy atom. The summed E-state index contributed by atoms with van der Waals surface area (Å²) in [5.41, 5.74) is 0.300. The molecule has 2 aliphatic carbocycles. The number of carbonyl (C=O) groups is 4. The summed E-state index contributed by atoms with van der Waals surface area (Å²) in [6, 6.07) is 37.1. The highest BCUT2D eigenvalue weighted by Crippen LogP contribution is 2.74. The monoisotopic (exact) mass is 695 g/mol. The molecule has 5 aromatic rings. The number of rotatable bonds is 8. The second-order valence-electron chi connectivity index (χ2n) is 12.8. The number of imide groups is 1. The Kier molecular flexibility index (Phi) is 7.47. The van der Waals surface area contributed by atoms with Crippen LogP contribution in [0.5, 0.6) is 11.5 Å².